The second-order valence-electron chi connectivity index (χ2n) is 7.11. The van der Waals surface area contributed by atoms with Gasteiger partial charge in [-0.3, -0.25) is 9.69 Å². The van der Waals surface area contributed by atoms with Crippen molar-refractivity contribution in [2.24, 2.45) is 0 Å². The van der Waals surface area contributed by atoms with E-state index in [1.165, 1.54) is 13.2 Å². The lowest BCUT2D eigenvalue weighted by Gasteiger charge is -2.46. The van der Waals surface area contributed by atoms with Gasteiger partial charge >= 0.3 is 0 Å². The predicted octanol–water partition coefficient (Wildman–Crippen LogP) is 2.69. The van der Waals surface area contributed by atoms with Crippen LogP contribution in [0.2, 0.25) is 0 Å². The molecule has 7 heteroatoms. The number of phenols is 1. The molecule has 0 saturated carbocycles. The molecule has 1 saturated heterocycles. The third-order valence-corrected chi connectivity index (χ3v) is 5.33. The topological polar surface area (TPSA) is 73.8 Å². The van der Waals surface area contributed by atoms with Crippen LogP contribution in [-0.2, 0) is 6.54 Å². The average molecular weight is 371 g/mol. The van der Waals surface area contributed by atoms with Gasteiger partial charge in [-0.1, -0.05) is 12.1 Å². The Labute approximate surface area is 156 Å². The van der Waals surface area contributed by atoms with E-state index < -0.39 is 11.5 Å². The van der Waals surface area contributed by atoms with Gasteiger partial charge < -0.3 is 20.5 Å². The Morgan fingerprint density at radius 3 is 2.74 bits per heavy atom. The number of fused-ring (bicyclic) bond motifs is 1. The molecule has 0 aromatic heterocycles. The molecule has 2 aromatic carbocycles. The molecule has 0 radical (unpaired) electrons. The lowest BCUT2D eigenvalue weighted by molar-refractivity contribution is 0.0817. The normalized spacial score (nSPS) is 18.5. The lowest BCUT2D eigenvalue weighted by Crippen LogP contribution is -2.62. The number of benzene rings is 2. The van der Waals surface area contributed by atoms with Crippen molar-refractivity contribution in [3.8, 4) is 11.5 Å². The van der Waals surface area contributed by atoms with Gasteiger partial charge in [-0.25, -0.2) is 4.39 Å². The summed E-state index contributed by atoms with van der Waals surface area (Å²) in [6.07, 6.45) is 1.42. The van der Waals surface area contributed by atoms with Crippen molar-refractivity contribution >= 4 is 11.6 Å². The highest BCUT2D eigenvalue weighted by atomic mass is 19.1. The van der Waals surface area contributed by atoms with E-state index in [-0.39, 0.29) is 17.2 Å². The predicted molar refractivity (Wildman–Crippen MR) is 99.4 cm³/mol. The molecule has 2 aromatic rings. The number of hydrogen-bond donors (Lipinski definition) is 3. The second-order valence-corrected chi connectivity index (χ2v) is 7.11. The van der Waals surface area contributed by atoms with Crippen molar-refractivity contribution in [2.75, 3.05) is 25.5 Å². The molecule has 2 aliphatic heterocycles. The number of anilines is 1. The highest BCUT2D eigenvalue weighted by Gasteiger charge is 2.41. The number of methoxy groups -OCH3 is 1. The molecule has 2 heterocycles. The molecule has 1 fully saturated rings. The number of carbonyl (C=O) groups is 1. The molecule has 142 valence electrons. The van der Waals surface area contributed by atoms with Crippen LogP contribution in [-0.4, -0.2) is 41.8 Å². The number of carbonyl (C=O) groups excluding carboxylic acids is 1. The van der Waals surface area contributed by atoms with Crippen LogP contribution in [0.1, 0.15) is 28.8 Å². The lowest BCUT2D eigenvalue weighted by atomic mass is 9.92. The number of hydrogen-bond acceptors (Lipinski definition) is 5. The monoisotopic (exact) mass is 371 g/mol. The highest BCUT2D eigenvalue weighted by Crippen LogP contribution is 2.33. The zero-order valence-corrected chi connectivity index (χ0v) is 15.1. The maximum absolute atomic E-state index is 13.9. The Morgan fingerprint density at radius 1 is 1.22 bits per heavy atom. The van der Waals surface area contributed by atoms with Crippen molar-refractivity contribution in [3.63, 3.8) is 0 Å². The minimum absolute atomic E-state index is 0.0849. The van der Waals surface area contributed by atoms with E-state index in [0.29, 0.717) is 24.3 Å². The summed E-state index contributed by atoms with van der Waals surface area (Å²) in [6.45, 7) is 2.29. The van der Waals surface area contributed by atoms with Gasteiger partial charge in [0.05, 0.1) is 18.4 Å². The van der Waals surface area contributed by atoms with E-state index in [1.807, 2.05) is 12.1 Å². The van der Waals surface area contributed by atoms with Crippen molar-refractivity contribution < 1.29 is 19.0 Å². The fourth-order valence-electron chi connectivity index (χ4n) is 3.85. The average Bonchev–Trinajstić information content (AvgIpc) is 2.65. The zero-order chi connectivity index (χ0) is 19.0. The molecule has 3 N–H and O–H groups in total. The first-order valence-corrected chi connectivity index (χ1v) is 8.97. The van der Waals surface area contributed by atoms with Crippen LogP contribution < -0.4 is 15.4 Å². The summed E-state index contributed by atoms with van der Waals surface area (Å²) in [4.78, 5) is 14.7. The number of likely N-dealkylation sites (tertiary alicyclic amines) is 1. The molecular weight excluding hydrogens is 349 g/mol. The van der Waals surface area contributed by atoms with Gasteiger partial charge in [-0.15, -0.1) is 0 Å². The molecule has 6 nitrogen and oxygen atoms in total. The third kappa shape index (κ3) is 3.30. The van der Waals surface area contributed by atoms with Gasteiger partial charge in [0.25, 0.3) is 5.91 Å². The molecule has 27 heavy (non-hydrogen) atoms. The first-order chi connectivity index (χ1) is 13.0. The SMILES string of the molecule is COc1cc(CN2CCC3(CC2)NC(=O)c2c(F)cccc2N3)ccc1O. The number of phenolic OH excluding ortho intramolecular Hbond substituents is 1. The van der Waals surface area contributed by atoms with E-state index >= 15 is 0 Å². The Hall–Kier alpha value is -2.80. The number of nitrogens with zero attached hydrogens (tertiary/aromatic N) is 1. The Balaban J connectivity index is 1.44. The first-order valence-electron chi connectivity index (χ1n) is 8.97. The van der Waals surface area contributed by atoms with Gasteiger partial charge in [-0.2, -0.15) is 0 Å². The second kappa shape index (κ2) is 6.74. The first kappa shape index (κ1) is 17.6. The number of rotatable bonds is 3. The summed E-state index contributed by atoms with van der Waals surface area (Å²) in [6, 6.07) is 10.00. The van der Waals surface area contributed by atoms with Gasteiger partial charge in [0.2, 0.25) is 0 Å². The van der Waals surface area contributed by atoms with Crippen LogP contribution in [0.4, 0.5) is 10.1 Å². The summed E-state index contributed by atoms with van der Waals surface area (Å²) in [7, 11) is 1.53. The van der Waals surface area contributed by atoms with Gasteiger partial charge in [0.1, 0.15) is 11.5 Å². The van der Waals surface area contributed by atoms with E-state index in [9.17, 15) is 14.3 Å². The number of halogens is 1. The quantitative estimate of drug-likeness (QED) is 0.774. The van der Waals surface area contributed by atoms with Crippen molar-refractivity contribution in [1.29, 1.82) is 0 Å². The van der Waals surface area contributed by atoms with Crippen LogP contribution in [0.5, 0.6) is 11.5 Å². The fraction of sp³-hybridized carbons (Fsp3) is 0.350. The van der Waals surface area contributed by atoms with Crippen LogP contribution in [0.15, 0.2) is 36.4 Å². The maximum Gasteiger partial charge on any atom is 0.258 e. The van der Waals surface area contributed by atoms with Gasteiger partial charge in [0.15, 0.2) is 11.5 Å². The zero-order valence-electron chi connectivity index (χ0n) is 15.1. The van der Waals surface area contributed by atoms with Crippen molar-refractivity contribution in [1.82, 2.24) is 10.2 Å². The van der Waals surface area contributed by atoms with Crippen LogP contribution in [0.3, 0.4) is 0 Å². The molecule has 0 aliphatic carbocycles. The van der Waals surface area contributed by atoms with Crippen LogP contribution in [0, 0.1) is 5.82 Å². The summed E-state index contributed by atoms with van der Waals surface area (Å²) in [5, 5.41) is 16.0. The van der Waals surface area contributed by atoms with E-state index in [2.05, 4.69) is 15.5 Å². The van der Waals surface area contributed by atoms with Gasteiger partial charge in [-0.05, 0) is 29.8 Å². The fourth-order valence-corrected chi connectivity index (χ4v) is 3.85. The van der Waals surface area contributed by atoms with Gasteiger partial charge in [0, 0.05) is 32.5 Å². The summed E-state index contributed by atoms with van der Waals surface area (Å²) < 4.78 is 19.1. The molecule has 1 amide bonds. The number of amides is 1. The minimum Gasteiger partial charge on any atom is -0.504 e. The molecule has 0 bridgehead atoms. The Morgan fingerprint density at radius 2 is 2.00 bits per heavy atom. The smallest absolute Gasteiger partial charge is 0.258 e. The Kier molecular flexibility index (Phi) is 4.39. The molecule has 1 spiro atoms. The molecule has 2 aliphatic rings. The molecule has 4 rings (SSSR count). The molecule has 0 unspecified atom stereocenters. The highest BCUT2D eigenvalue weighted by molar-refractivity contribution is 6.02. The van der Waals surface area contributed by atoms with E-state index in [0.717, 1.165) is 25.2 Å². The molecular formula is C20H22FN3O3. The van der Waals surface area contributed by atoms with E-state index in [1.54, 1.807) is 18.2 Å². The number of aromatic hydroxyl groups is 1. The van der Waals surface area contributed by atoms with Crippen molar-refractivity contribution in [2.45, 2.75) is 25.0 Å². The number of nitrogens with one attached hydrogen (secondary N) is 2. The summed E-state index contributed by atoms with van der Waals surface area (Å²) in [5.74, 6) is -0.288. The number of ether oxygens (including phenoxy) is 1. The standard InChI is InChI=1S/C20H22FN3O3/c1-27-17-11-13(5-6-16(17)25)12-24-9-7-20(8-10-24)22-15-4-2-3-14(21)18(15)19(26)23-20/h2-6,11,22,25H,7-10,12H2,1H3,(H,23,26). The van der Waals surface area contributed by atoms with Crippen LogP contribution >= 0.6 is 0 Å². The molecule has 0 atom stereocenters. The third-order valence-electron chi connectivity index (χ3n) is 5.33. The summed E-state index contributed by atoms with van der Waals surface area (Å²) >= 11 is 0. The minimum atomic E-state index is -0.541. The van der Waals surface area contributed by atoms with Crippen LogP contribution in [0.25, 0.3) is 0 Å². The van der Waals surface area contributed by atoms with Crippen molar-refractivity contribution in [3.05, 3.63) is 53.3 Å². The Bertz CT molecular complexity index is 879. The maximum atomic E-state index is 13.9. The largest absolute Gasteiger partial charge is 0.504 e. The van der Waals surface area contributed by atoms with E-state index in [4.69, 9.17) is 4.74 Å². The number of piperidine rings is 1. The summed E-state index contributed by atoms with van der Waals surface area (Å²) in [5.41, 5.74) is 1.15.